The third-order valence-corrected chi connectivity index (χ3v) is 6.99. The zero-order valence-electron chi connectivity index (χ0n) is 22.1. The molecule has 5 rings (SSSR count). The molecule has 4 aromatic rings. The van der Waals surface area contributed by atoms with Crippen LogP contribution in [0.25, 0.3) is 11.2 Å². The Morgan fingerprint density at radius 2 is 1.78 bits per heavy atom. The van der Waals surface area contributed by atoms with Crippen LogP contribution in [0.2, 0.25) is 0 Å². The number of amides is 2. The maximum atomic E-state index is 12.6. The van der Waals surface area contributed by atoms with Gasteiger partial charge in [0, 0.05) is 17.9 Å². The fourth-order valence-electron chi connectivity index (χ4n) is 4.32. The first-order chi connectivity index (χ1) is 19.8. The lowest BCUT2D eigenvalue weighted by Crippen LogP contribution is -2.20. The SMILES string of the molecule is CCO[C@H](CCP(=O)(O)O)C1=C(Cn2cnc3c(NC(=O)Nc4ccccc4)ncnc32)O[C@@H](c2ccccc2)O1. The van der Waals surface area contributed by atoms with E-state index < -0.39 is 26.0 Å². The summed E-state index contributed by atoms with van der Waals surface area (Å²) >= 11 is 0. The molecule has 0 saturated carbocycles. The molecule has 3 heterocycles. The van der Waals surface area contributed by atoms with E-state index in [1.165, 1.54) is 12.7 Å². The van der Waals surface area contributed by atoms with Crippen LogP contribution in [0.3, 0.4) is 0 Å². The Bertz CT molecular complexity index is 1580. The van der Waals surface area contributed by atoms with Gasteiger partial charge in [-0.3, -0.25) is 9.88 Å². The number of urea groups is 1. The van der Waals surface area contributed by atoms with Gasteiger partial charge in [0.25, 0.3) is 6.29 Å². The number of carbonyl (C=O) groups is 1. The number of allylic oxidation sites excluding steroid dienone is 1. The van der Waals surface area contributed by atoms with Gasteiger partial charge in [-0.05, 0) is 25.5 Å². The number of aromatic nitrogens is 4. The van der Waals surface area contributed by atoms with Crippen molar-refractivity contribution in [2.75, 3.05) is 23.4 Å². The van der Waals surface area contributed by atoms with E-state index in [0.29, 0.717) is 35.0 Å². The standard InChI is InChI=1S/C27H29N6O7P/c1-2-38-20(13-14-41(35,36)37)23-21(39-26(40-23)18-9-5-3-6-10-18)15-33-17-30-22-24(28-16-29-25(22)33)32-27(34)31-19-11-7-4-8-12-19/h3-12,16-17,20,26H,2,13-15H2,1H3,(H2,35,36,37)(H2,28,29,31,32,34)/t20-,26-/m1/s1. The van der Waals surface area contributed by atoms with Crippen molar-refractivity contribution in [1.82, 2.24) is 19.5 Å². The minimum atomic E-state index is -4.28. The quantitative estimate of drug-likeness (QED) is 0.187. The van der Waals surface area contributed by atoms with Gasteiger partial charge in [-0.15, -0.1) is 0 Å². The van der Waals surface area contributed by atoms with E-state index in [4.69, 9.17) is 14.2 Å². The van der Waals surface area contributed by atoms with Crippen molar-refractivity contribution in [3.8, 4) is 0 Å². The van der Waals surface area contributed by atoms with Crippen LogP contribution in [0.4, 0.5) is 16.3 Å². The van der Waals surface area contributed by atoms with Crippen molar-refractivity contribution >= 4 is 36.3 Å². The van der Waals surface area contributed by atoms with Gasteiger partial charge in [0.1, 0.15) is 12.4 Å². The van der Waals surface area contributed by atoms with Crippen LogP contribution in [0.5, 0.6) is 0 Å². The number of anilines is 2. The molecule has 2 aromatic carbocycles. The summed E-state index contributed by atoms with van der Waals surface area (Å²) in [7, 11) is -4.28. The van der Waals surface area contributed by atoms with Crippen LogP contribution in [0.1, 0.15) is 25.2 Å². The van der Waals surface area contributed by atoms with Crippen LogP contribution in [-0.2, 0) is 25.3 Å². The summed E-state index contributed by atoms with van der Waals surface area (Å²) in [6.45, 7) is 2.21. The normalized spacial score (nSPS) is 15.8. The first kappa shape index (κ1) is 28.2. The number of rotatable bonds is 11. The van der Waals surface area contributed by atoms with Crippen LogP contribution >= 0.6 is 7.60 Å². The summed E-state index contributed by atoms with van der Waals surface area (Å²) in [4.78, 5) is 44.5. The molecule has 13 nitrogen and oxygen atoms in total. The minimum absolute atomic E-state index is 0.0270. The van der Waals surface area contributed by atoms with E-state index in [-0.39, 0.29) is 24.9 Å². The van der Waals surface area contributed by atoms with Crippen LogP contribution in [0, 0.1) is 0 Å². The molecule has 2 amide bonds. The van der Waals surface area contributed by atoms with E-state index >= 15 is 0 Å². The first-order valence-electron chi connectivity index (χ1n) is 12.9. The zero-order chi connectivity index (χ0) is 28.8. The lowest BCUT2D eigenvalue weighted by molar-refractivity contribution is -0.0619. The molecular weight excluding hydrogens is 551 g/mol. The summed E-state index contributed by atoms with van der Waals surface area (Å²) in [6, 6.07) is 17.8. The number of para-hydroxylation sites is 1. The Hall–Kier alpha value is -4.29. The summed E-state index contributed by atoms with van der Waals surface area (Å²) in [5.41, 5.74) is 2.17. The van der Waals surface area contributed by atoms with Crippen molar-refractivity contribution in [2.45, 2.75) is 32.3 Å². The highest BCUT2D eigenvalue weighted by molar-refractivity contribution is 7.51. The molecule has 214 valence electrons. The number of carbonyl (C=O) groups excluding carboxylic acids is 1. The number of fused-ring (bicyclic) bond motifs is 1. The Labute approximate surface area is 235 Å². The minimum Gasteiger partial charge on any atom is -0.449 e. The summed E-state index contributed by atoms with van der Waals surface area (Å²) in [5.74, 6) is 0.957. The molecule has 0 spiro atoms. The van der Waals surface area contributed by atoms with Crippen molar-refractivity contribution in [1.29, 1.82) is 0 Å². The average Bonchev–Trinajstić information content (AvgIpc) is 3.57. The Balaban J connectivity index is 1.41. The molecule has 41 heavy (non-hydrogen) atoms. The number of hydrogen-bond donors (Lipinski definition) is 4. The number of nitrogens with one attached hydrogen (secondary N) is 2. The van der Waals surface area contributed by atoms with Crippen LogP contribution in [0.15, 0.2) is 84.8 Å². The highest BCUT2D eigenvalue weighted by atomic mass is 31.2. The lowest BCUT2D eigenvalue weighted by Gasteiger charge is -2.19. The fourth-order valence-corrected chi connectivity index (χ4v) is 4.89. The Morgan fingerprint density at radius 1 is 1.05 bits per heavy atom. The average molecular weight is 581 g/mol. The van der Waals surface area contributed by atoms with Gasteiger partial charge in [0.2, 0.25) is 0 Å². The van der Waals surface area contributed by atoms with E-state index in [0.717, 1.165) is 5.56 Å². The second-order valence-corrected chi connectivity index (χ2v) is 10.9. The summed E-state index contributed by atoms with van der Waals surface area (Å²) in [6.07, 6.45) is 0.973. The van der Waals surface area contributed by atoms with Crippen molar-refractivity contribution in [2.24, 2.45) is 0 Å². The van der Waals surface area contributed by atoms with Gasteiger partial charge in [0.15, 0.2) is 28.5 Å². The second kappa shape index (κ2) is 12.5. The second-order valence-electron chi connectivity index (χ2n) is 9.10. The molecule has 0 saturated heterocycles. The predicted molar refractivity (Wildman–Crippen MR) is 150 cm³/mol. The molecular formula is C27H29N6O7P. The van der Waals surface area contributed by atoms with Crippen molar-refractivity contribution in [3.05, 3.63) is 90.4 Å². The number of hydrogen-bond acceptors (Lipinski definition) is 8. The zero-order valence-corrected chi connectivity index (χ0v) is 23.0. The maximum absolute atomic E-state index is 12.6. The molecule has 1 aliphatic rings. The fraction of sp³-hybridized carbons (Fsp3) is 0.259. The number of nitrogens with zero attached hydrogens (tertiary/aromatic N) is 4. The molecule has 4 N–H and O–H groups in total. The Morgan fingerprint density at radius 3 is 2.49 bits per heavy atom. The van der Waals surface area contributed by atoms with Crippen LogP contribution < -0.4 is 10.6 Å². The Kier molecular flexibility index (Phi) is 8.60. The van der Waals surface area contributed by atoms with Gasteiger partial charge in [-0.1, -0.05) is 48.5 Å². The molecule has 0 radical (unpaired) electrons. The molecule has 14 heteroatoms. The smallest absolute Gasteiger partial charge is 0.325 e. The van der Waals surface area contributed by atoms with E-state index in [2.05, 4.69) is 25.6 Å². The lowest BCUT2D eigenvalue weighted by atomic mass is 10.2. The van der Waals surface area contributed by atoms with Crippen LogP contribution in [-0.4, -0.2) is 54.2 Å². The van der Waals surface area contributed by atoms with Gasteiger partial charge in [-0.25, -0.2) is 19.7 Å². The van der Waals surface area contributed by atoms with Gasteiger partial charge >= 0.3 is 13.6 Å². The van der Waals surface area contributed by atoms with Crippen molar-refractivity contribution in [3.63, 3.8) is 0 Å². The van der Waals surface area contributed by atoms with Gasteiger partial charge in [-0.2, -0.15) is 0 Å². The molecule has 1 aliphatic heterocycles. The van der Waals surface area contributed by atoms with Gasteiger partial charge in [0.05, 0.1) is 19.0 Å². The van der Waals surface area contributed by atoms with E-state index in [1.807, 2.05) is 48.5 Å². The topological polar surface area (TPSA) is 170 Å². The maximum Gasteiger partial charge on any atom is 0.325 e. The highest BCUT2D eigenvalue weighted by Crippen LogP contribution is 2.41. The largest absolute Gasteiger partial charge is 0.449 e. The van der Waals surface area contributed by atoms with E-state index in [9.17, 15) is 19.1 Å². The van der Waals surface area contributed by atoms with E-state index in [1.54, 1.807) is 23.6 Å². The number of benzene rings is 2. The van der Waals surface area contributed by atoms with Gasteiger partial charge < -0.3 is 33.9 Å². The molecule has 0 aliphatic carbocycles. The van der Waals surface area contributed by atoms with Crippen molar-refractivity contribution < 1.29 is 33.4 Å². The molecule has 0 fully saturated rings. The number of ether oxygens (including phenoxy) is 3. The monoisotopic (exact) mass is 580 g/mol. The summed E-state index contributed by atoms with van der Waals surface area (Å²) < 4.78 is 31.6. The third kappa shape index (κ3) is 7.08. The summed E-state index contributed by atoms with van der Waals surface area (Å²) in [5, 5.41) is 5.44. The molecule has 2 aromatic heterocycles. The molecule has 2 atom stereocenters. The predicted octanol–water partition coefficient (Wildman–Crippen LogP) is 4.40. The molecule has 0 unspecified atom stereocenters. The number of imidazole rings is 1. The first-order valence-corrected chi connectivity index (χ1v) is 14.7. The third-order valence-electron chi connectivity index (χ3n) is 6.15. The molecule has 0 bridgehead atoms. The highest BCUT2D eigenvalue weighted by Gasteiger charge is 2.35.